The maximum Gasteiger partial charge on any atom is 0.193 e. The third-order valence-electron chi connectivity index (χ3n) is 6.51. The number of hydrogen-bond acceptors (Lipinski definition) is 2. The number of likely N-dealkylation sites (tertiary alicyclic amines) is 2. The molecule has 1 saturated carbocycles. The standard InChI is InChI=1S/C20H38N4/c1-3-21-19(24-16-11-20(17-24)9-6-10-20)22-12-4-5-13-23-14-7-18(2)8-15-23/h18H,3-17H2,1-2H3,(H,21,22). The molecular weight excluding hydrogens is 296 g/mol. The van der Waals surface area contributed by atoms with E-state index in [4.69, 9.17) is 4.99 Å². The molecule has 0 unspecified atom stereocenters. The molecule has 0 atom stereocenters. The molecule has 4 nitrogen and oxygen atoms in total. The topological polar surface area (TPSA) is 30.9 Å². The maximum atomic E-state index is 4.93. The summed E-state index contributed by atoms with van der Waals surface area (Å²) >= 11 is 0. The van der Waals surface area contributed by atoms with Gasteiger partial charge in [0.1, 0.15) is 0 Å². The Kier molecular flexibility index (Phi) is 6.43. The Morgan fingerprint density at radius 3 is 2.54 bits per heavy atom. The van der Waals surface area contributed by atoms with E-state index in [9.17, 15) is 0 Å². The molecule has 138 valence electrons. The SMILES string of the molecule is CCNC(=NCCCCN1CCC(C)CC1)N1CCC2(CCC2)C1. The molecule has 0 bridgehead atoms. The van der Waals surface area contributed by atoms with Gasteiger partial charge in [-0.25, -0.2) is 0 Å². The van der Waals surface area contributed by atoms with Crippen LogP contribution in [0.1, 0.15) is 65.2 Å². The van der Waals surface area contributed by atoms with Crippen molar-refractivity contribution in [3.8, 4) is 0 Å². The molecule has 0 aromatic rings. The fourth-order valence-corrected chi connectivity index (χ4v) is 4.54. The molecule has 0 aromatic carbocycles. The third-order valence-corrected chi connectivity index (χ3v) is 6.51. The first-order valence-corrected chi connectivity index (χ1v) is 10.5. The molecule has 0 radical (unpaired) electrons. The zero-order valence-electron chi connectivity index (χ0n) is 16.0. The monoisotopic (exact) mass is 334 g/mol. The molecule has 3 fully saturated rings. The lowest BCUT2D eigenvalue weighted by Gasteiger charge is -2.38. The predicted octanol–water partition coefficient (Wildman–Crippen LogP) is 3.34. The summed E-state index contributed by atoms with van der Waals surface area (Å²) in [7, 11) is 0. The molecule has 1 aliphatic carbocycles. The van der Waals surface area contributed by atoms with Crippen molar-refractivity contribution in [1.29, 1.82) is 0 Å². The van der Waals surface area contributed by atoms with Gasteiger partial charge in [0.25, 0.3) is 0 Å². The van der Waals surface area contributed by atoms with Crippen molar-refractivity contribution in [2.45, 2.75) is 65.2 Å². The van der Waals surface area contributed by atoms with Crippen molar-refractivity contribution in [3.63, 3.8) is 0 Å². The Morgan fingerprint density at radius 2 is 1.92 bits per heavy atom. The quantitative estimate of drug-likeness (QED) is 0.459. The van der Waals surface area contributed by atoms with E-state index in [1.54, 1.807) is 0 Å². The summed E-state index contributed by atoms with van der Waals surface area (Å²) in [6, 6.07) is 0. The molecule has 3 rings (SSSR count). The number of piperidine rings is 1. The van der Waals surface area contributed by atoms with E-state index in [0.717, 1.165) is 19.0 Å². The van der Waals surface area contributed by atoms with Crippen LogP contribution in [0.3, 0.4) is 0 Å². The Balaban J connectivity index is 1.36. The van der Waals surface area contributed by atoms with Crippen LogP contribution in [0.5, 0.6) is 0 Å². The first-order chi connectivity index (χ1) is 11.7. The summed E-state index contributed by atoms with van der Waals surface area (Å²) in [5.74, 6) is 2.11. The van der Waals surface area contributed by atoms with Crippen LogP contribution in [0.4, 0.5) is 0 Å². The van der Waals surface area contributed by atoms with Gasteiger partial charge in [0.05, 0.1) is 0 Å². The third kappa shape index (κ3) is 4.65. The van der Waals surface area contributed by atoms with Crippen LogP contribution < -0.4 is 5.32 Å². The van der Waals surface area contributed by atoms with E-state index in [1.807, 2.05) is 0 Å². The number of nitrogens with zero attached hydrogens (tertiary/aromatic N) is 3. The van der Waals surface area contributed by atoms with E-state index in [1.165, 1.54) is 90.0 Å². The summed E-state index contributed by atoms with van der Waals surface area (Å²) in [6.45, 7) is 12.9. The molecule has 2 heterocycles. The smallest absolute Gasteiger partial charge is 0.193 e. The van der Waals surface area contributed by atoms with Gasteiger partial charge >= 0.3 is 0 Å². The fraction of sp³-hybridized carbons (Fsp3) is 0.950. The molecule has 3 aliphatic rings. The Labute approximate surface area is 149 Å². The van der Waals surface area contributed by atoms with Crippen molar-refractivity contribution in [1.82, 2.24) is 15.1 Å². The van der Waals surface area contributed by atoms with Crippen molar-refractivity contribution in [2.75, 3.05) is 45.8 Å². The van der Waals surface area contributed by atoms with Crippen LogP contribution in [0, 0.1) is 11.3 Å². The van der Waals surface area contributed by atoms with Gasteiger partial charge in [-0.15, -0.1) is 0 Å². The Morgan fingerprint density at radius 1 is 1.12 bits per heavy atom. The Bertz CT molecular complexity index is 408. The van der Waals surface area contributed by atoms with E-state index in [-0.39, 0.29) is 0 Å². The highest BCUT2D eigenvalue weighted by Crippen LogP contribution is 2.47. The number of nitrogens with one attached hydrogen (secondary N) is 1. The average molecular weight is 335 g/mol. The van der Waals surface area contributed by atoms with Crippen molar-refractivity contribution in [3.05, 3.63) is 0 Å². The minimum absolute atomic E-state index is 0.654. The molecule has 24 heavy (non-hydrogen) atoms. The largest absolute Gasteiger partial charge is 0.357 e. The van der Waals surface area contributed by atoms with Crippen LogP contribution >= 0.6 is 0 Å². The van der Waals surface area contributed by atoms with Gasteiger partial charge in [-0.2, -0.15) is 0 Å². The fourth-order valence-electron chi connectivity index (χ4n) is 4.54. The zero-order chi connectivity index (χ0) is 16.8. The molecule has 2 aliphatic heterocycles. The van der Waals surface area contributed by atoms with Crippen molar-refractivity contribution < 1.29 is 0 Å². The van der Waals surface area contributed by atoms with Crippen molar-refractivity contribution in [2.24, 2.45) is 16.3 Å². The molecule has 0 aromatic heterocycles. The highest BCUT2D eigenvalue weighted by Gasteiger charge is 2.43. The number of guanidine groups is 1. The summed E-state index contributed by atoms with van der Waals surface area (Å²) in [5.41, 5.74) is 0.654. The number of hydrogen-bond donors (Lipinski definition) is 1. The molecule has 1 spiro atoms. The summed E-state index contributed by atoms with van der Waals surface area (Å²) < 4.78 is 0. The van der Waals surface area contributed by atoms with Crippen LogP contribution in [0.2, 0.25) is 0 Å². The lowest BCUT2D eigenvalue weighted by atomic mass is 9.68. The van der Waals surface area contributed by atoms with Crippen LogP contribution in [0.25, 0.3) is 0 Å². The van der Waals surface area contributed by atoms with Gasteiger partial charge in [-0.1, -0.05) is 13.3 Å². The molecule has 2 saturated heterocycles. The lowest BCUT2D eigenvalue weighted by molar-refractivity contribution is 0.151. The molecule has 4 heteroatoms. The summed E-state index contributed by atoms with van der Waals surface area (Å²) in [5, 5.41) is 3.52. The second kappa shape index (κ2) is 8.55. The minimum atomic E-state index is 0.654. The number of rotatable bonds is 6. The number of unbranched alkanes of at least 4 members (excludes halogenated alkanes) is 1. The van der Waals surface area contributed by atoms with Gasteiger partial charge < -0.3 is 15.1 Å². The summed E-state index contributed by atoms with van der Waals surface area (Å²) in [4.78, 5) is 10.1. The van der Waals surface area contributed by atoms with Gasteiger partial charge in [-0.3, -0.25) is 4.99 Å². The predicted molar refractivity (Wildman–Crippen MR) is 103 cm³/mol. The van der Waals surface area contributed by atoms with Crippen LogP contribution in [-0.2, 0) is 0 Å². The molecule has 1 N–H and O–H groups in total. The Hall–Kier alpha value is -0.770. The molecular formula is C20H38N4. The van der Waals surface area contributed by atoms with Gasteiger partial charge in [0.2, 0.25) is 0 Å². The zero-order valence-corrected chi connectivity index (χ0v) is 16.0. The first-order valence-electron chi connectivity index (χ1n) is 10.5. The lowest BCUT2D eigenvalue weighted by Crippen LogP contribution is -2.42. The van der Waals surface area contributed by atoms with Crippen LogP contribution in [0.15, 0.2) is 4.99 Å². The van der Waals surface area contributed by atoms with Gasteiger partial charge in [0, 0.05) is 26.2 Å². The van der Waals surface area contributed by atoms with E-state index in [2.05, 4.69) is 29.0 Å². The van der Waals surface area contributed by atoms with Gasteiger partial charge in [0.15, 0.2) is 5.96 Å². The maximum absolute atomic E-state index is 4.93. The second-order valence-electron chi connectivity index (χ2n) is 8.49. The average Bonchev–Trinajstić information content (AvgIpc) is 3.01. The van der Waals surface area contributed by atoms with E-state index < -0.39 is 0 Å². The van der Waals surface area contributed by atoms with E-state index >= 15 is 0 Å². The number of aliphatic imine (C=N–C) groups is 1. The second-order valence-corrected chi connectivity index (χ2v) is 8.49. The van der Waals surface area contributed by atoms with Crippen LogP contribution in [-0.4, -0.2) is 61.6 Å². The summed E-state index contributed by atoms with van der Waals surface area (Å²) in [6.07, 6.45) is 11.0. The first kappa shape index (κ1) is 18.0. The van der Waals surface area contributed by atoms with Gasteiger partial charge in [-0.05, 0) is 82.8 Å². The minimum Gasteiger partial charge on any atom is -0.357 e. The van der Waals surface area contributed by atoms with E-state index in [0.29, 0.717) is 5.41 Å². The highest BCUT2D eigenvalue weighted by atomic mass is 15.3. The molecule has 0 amide bonds. The normalized spacial score (nSPS) is 25.2. The highest BCUT2D eigenvalue weighted by molar-refractivity contribution is 5.80. The van der Waals surface area contributed by atoms with Crippen molar-refractivity contribution >= 4 is 5.96 Å².